The fourth-order valence-electron chi connectivity index (χ4n) is 4.38. The average molecular weight is 376 g/mol. The van der Waals surface area contributed by atoms with E-state index in [-0.39, 0.29) is 17.9 Å². The molecule has 3 amide bonds. The van der Waals surface area contributed by atoms with Crippen LogP contribution >= 0.6 is 0 Å². The third-order valence-corrected chi connectivity index (χ3v) is 6.23. The molecule has 2 fully saturated rings. The zero-order valence-corrected chi connectivity index (χ0v) is 17.1. The topological polar surface area (TPSA) is 70.5 Å². The Morgan fingerprint density at radius 2 is 1.96 bits per heavy atom. The van der Waals surface area contributed by atoms with Gasteiger partial charge in [-0.1, -0.05) is 12.8 Å². The van der Waals surface area contributed by atoms with E-state index in [4.69, 9.17) is 0 Å². The van der Waals surface area contributed by atoms with Crippen molar-refractivity contribution in [3.05, 3.63) is 17.0 Å². The molecule has 0 spiro atoms. The molecule has 150 valence electrons. The van der Waals surface area contributed by atoms with Crippen LogP contribution < -0.4 is 5.32 Å². The number of aryl methyl sites for hydroxylation is 1. The van der Waals surface area contributed by atoms with Crippen LogP contribution in [0.4, 0.5) is 4.79 Å². The van der Waals surface area contributed by atoms with Gasteiger partial charge in [0.1, 0.15) is 0 Å². The summed E-state index contributed by atoms with van der Waals surface area (Å²) in [5.74, 6) is 0.508. The van der Waals surface area contributed by atoms with Crippen LogP contribution in [-0.4, -0.2) is 64.2 Å². The van der Waals surface area contributed by atoms with Crippen molar-refractivity contribution in [3.63, 3.8) is 0 Å². The van der Waals surface area contributed by atoms with Gasteiger partial charge in [-0.15, -0.1) is 0 Å². The quantitative estimate of drug-likeness (QED) is 0.829. The highest BCUT2D eigenvalue weighted by Gasteiger charge is 2.36. The van der Waals surface area contributed by atoms with Crippen molar-refractivity contribution in [3.8, 4) is 0 Å². The minimum absolute atomic E-state index is 0.0833. The number of hydrogen-bond donors (Lipinski definition) is 1. The van der Waals surface area contributed by atoms with Crippen molar-refractivity contribution in [2.45, 2.75) is 65.5 Å². The third kappa shape index (κ3) is 4.45. The van der Waals surface area contributed by atoms with E-state index in [2.05, 4.69) is 29.2 Å². The van der Waals surface area contributed by atoms with Crippen molar-refractivity contribution in [1.82, 2.24) is 24.9 Å². The van der Waals surface area contributed by atoms with Gasteiger partial charge in [0.25, 0.3) is 0 Å². The van der Waals surface area contributed by atoms with Crippen LogP contribution in [0.3, 0.4) is 0 Å². The summed E-state index contributed by atoms with van der Waals surface area (Å²) in [7, 11) is 1.81. The highest BCUT2D eigenvalue weighted by atomic mass is 16.2. The lowest BCUT2D eigenvalue weighted by molar-refractivity contribution is -0.129. The molecule has 7 heteroatoms. The van der Waals surface area contributed by atoms with Crippen molar-refractivity contribution in [2.24, 2.45) is 5.92 Å². The minimum atomic E-state index is -0.0833. The van der Waals surface area contributed by atoms with E-state index < -0.39 is 0 Å². The van der Waals surface area contributed by atoms with Gasteiger partial charge in [-0.05, 0) is 39.2 Å². The zero-order chi connectivity index (χ0) is 19.6. The van der Waals surface area contributed by atoms with Crippen LogP contribution in [0.2, 0.25) is 0 Å². The molecule has 27 heavy (non-hydrogen) atoms. The van der Waals surface area contributed by atoms with E-state index in [9.17, 15) is 9.59 Å². The Labute approximate surface area is 162 Å². The number of hydrogen-bond acceptors (Lipinski definition) is 3. The summed E-state index contributed by atoms with van der Waals surface area (Å²) < 4.78 is 1.94. The number of rotatable bonds is 6. The monoisotopic (exact) mass is 375 g/mol. The van der Waals surface area contributed by atoms with Crippen molar-refractivity contribution >= 4 is 11.9 Å². The fourth-order valence-corrected chi connectivity index (χ4v) is 4.38. The van der Waals surface area contributed by atoms with Crippen LogP contribution in [0.25, 0.3) is 0 Å². The van der Waals surface area contributed by atoms with Crippen LogP contribution in [0, 0.1) is 26.7 Å². The highest BCUT2D eigenvalue weighted by Crippen LogP contribution is 2.29. The Kier molecular flexibility index (Phi) is 6.07. The number of urea groups is 1. The van der Waals surface area contributed by atoms with Gasteiger partial charge in [-0.25, -0.2) is 4.79 Å². The van der Waals surface area contributed by atoms with Crippen molar-refractivity contribution in [2.75, 3.05) is 26.7 Å². The van der Waals surface area contributed by atoms with Gasteiger partial charge in [0.2, 0.25) is 5.91 Å². The Balaban J connectivity index is 1.42. The molecule has 1 aromatic rings. The molecular formula is C20H33N5O2. The van der Waals surface area contributed by atoms with E-state index >= 15 is 0 Å². The summed E-state index contributed by atoms with van der Waals surface area (Å²) in [6, 6.07) is 0.353. The van der Waals surface area contributed by atoms with Crippen LogP contribution in [0.15, 0.2) is 0 Å². The second kappa shape index (κ2) is 8.31. The molecule has 1 aliphatic carbocycles. The molecule has 2 aliphatic rings. The molecule has 1 atom stereocenters. The third-order valence-electron chi connectivity index (χ3n) is 6.23. The predicted molar refractivity (Wildman–Crippen MR) is 105 cm³/mol. The van der Waals surface area contributed by atoms with E-state index in [1.54, 1.807) is 4.90 Å². The lowest BCUT2D eigenvalue weighted by Gasteiger charge is -2.25. The van der Waals surface area contributed by atoms with Crippen molar-refractivity contribution in [1.29, 1.82) is 0 Å². The lowest BCUT2D eigenvalue weighted by atomic mass is 10.1. The zero-order valence-electron chi connectivity index (χ0n) is 17.1. The van der Waals surface area contributed by atoms with Gasteiger partial charge in [0, 0.05) is 50.8 Å². The van der Waals surface area contributed by atoms with Crippen LogP contribution in [-0.2, 0) is 11.3 Å². The molecule has 1 saturated heterocycles. The Morgan fingerprint density at radius 1 is 1.26 bits per heavy atom. The van der Waals surface area contributed by atoms with Crippen LogP contribution in [0.1, 0.15) is 49.1 Å². The first-order valence-electron chi connectivity index (χ1n) is 10.2. The molecule has 1 saturated carbocycles. The molecule has 0 unspecified atom stereocenters. The molecule has 1 N–H and O–H groups in total. The molecule has 1 aliphatic heterocycles. The molecule has 0 aromatic carbocycles. The van der Waals surface area contributed by atoms with E-state index in [1.165, 1.54) is 18.4 Å². The molecule has 0 radical (unpaired) electrons. The van der Waals surface area contributed by atoms with Gasteiger partial charge in [-0.3, -0.25) is 9.48 Å². The summed E-state index contributed by atoms with van der Waals surface area (Å²) in [6.07, 6.45) is 5.31. The van der Waals surface area contributed by atoms with E-state index in [1.807, 2.05) is 18.7 Å². The minimum Gasteiger partial charge on any atom is -0.339 e. The molecular weight excluding hydrogens is 342 g/mol. The normalized spacial score (nSPS) is 20.5. The summed E-state index contributed by atoms with van der Waals surface area (Å²) in [6.45, 7) is 8.75. The highest BCUT2D eigenvalue weighted by molar-refractivity contribution is 5.79. The predicted octanol–water partition coefficient (Wildman–Crippen LogP) is 2.24. The molecule has 3 rings (SSSR count). The second-order valence-electron chi connectivity index (χ2n) is 8.19. The number of nitrogens with one attached hydrogen (secondary N) is 1. The number of carbonyl (C=O) groups excluding carboxylic acids is 2. The maximum absolute atomic E-state index is 12.4. The summed E-state index contributed by atoms with van der Waals surface area (Å²) >= 11 is 0. The smallest absolute Gasteiger partial charge is 0.317 e. The lowest BCUT2D eigenvalue weighted by Crippen LogP contribution is -2.42. The van der Waals surface area contributed by atoms with Crippen molar-refractivity contribution < 1.29 is 9.59 Å². The Morgan fingerprint density at radius 3 is 2.59 bits per heavy atom. The molecule has 0 bridgehead atoms. The van der Waals surface area contributed by atoms with Gasteiger partial charge in [-0.2, -0.15) is 5.10 Å². The molecule has 2 heterocycles. The van der Waals surface area contributed by atoms with Gasteiger partial charge >= 0.3 is 6.03 Å². The number of amides is 3. The summed E-state index contributed by atoms with van der Waals surface area (Å²) in [5, 5.41) is 7.46. The van der Waals surface area contributed by atoms with Crippen LogP contribution in [0.5, 0.6) is 0 Å². The first kappa shape index (κ1) is 19.7. The van der Waals surface area contributed by atoms with Gasteiger partial charge in [0.15, 0.2) is 0 Å². The van der Waals surface area contributed by atoms with E-state index in [0.717, 1.165) is 30.8 Å². The maximum atomic E-state index is 12.4. The number of likely N-dealkylation sites (tertiary alicyclic amines) is 1. The summed E-state index contributed by atoms with van der Waals surface area (Å²) in [5.41, 5.74) is 3.39. The standard InChI is InChI=1S/C20H33N5O2/c1-14-15(2)22-25(16(14)3)10-9-21-20(27)23(4)12-17-11-19(26)24(13-17)18-7-5-6-8-18/h17-18H,5-13H2,1-4H3,(H,21,27)/t17-/m1/s1. The fraction of sp³-hybridized carbons (Fsp3) is 0.750. The number of carbonyl (C=O) groups is 2. The SMILES string of the molecule is Cc1nn(CCNC(=O)N(C)C[C@H]2CC(=O)N(C3CCCC3)C2)c(C)c1C. The molecule has 7 nitrogen and oxygen atoms in total. The first-order chi connectivity index (χ1) is 12.9. The molecule has 1 aromatic heterocycles. The maximum Gasteiger partial charge on any atom is 0.317 e. The first-order valence-corrected chi connectivity index (χ1v) is 10.2. The van der Waals surface area contributed by atoms with E-state index in [0.29, 0.717) is 32.1 Å². The van der Waals surface area contributed by atoms with Gasteiger partial charge < -0.3 is 15.1 Å². The van der Waals surface area contributed by atoms with Gasteiger partial charge in [0.05, 0.1) is 12.2 Å². The second-order valence-corrected chi connectivity index (χ2v) is 8.19. The Bertz CT molecular complexity index is 693. The Hall–Kier alpha value is -2.05. The largest absolute Gasteiger partial charge is 0.339 e. The number of aromatic nitrogens is 2. The average Bonchev–Trinajstić information content (AvgIpc) is 3.33. The number of nitrogens with zero attached hydrogens (tertiary/aromatic N) is 4. The summed E-state index contributed by atoms with van der Waals surface area (Å²) in [4.78, 5) is 28.5.